The molecule has 6 heteroatoms. The Morgan fingerprint density at radius 1 is 1.42 bits per heavy atom. The van der Waals surface area contributed by atoms with Gasteiger partial charge < -0.3 is 10.5 Å². The first kappa shape index (κ1) is 15.3. The number of nitrogens with one attached hydrogen (secondary N) is 1. The molecule has 0 aliphatic rings. The fourth-order valence-corrected chi connectivity index (χ4v) is 1.70. The summed E-state index contributed by atoms with van der Waals surface area (Å²) in [5, 5.41) is 7.18. The molecule has 19 heavy (non-hydrogen) atoms. The number of amidine groups is 1. The summed E-state index contributed by atoms with van der Waals surface area (Å²) in [6.07, 6.45) is -3.33. The van der Waals surface area contributed by atoms with E-state index in [-0.39, 0.29) is 17.4 Å². The van der Waals surface area contributed by atoms with Crippen LogP contribution in [0.15, 0.2) is 18.2 Å². The van der Waals surface area contributed by atoms with Crippen LogP contribution < -0.4 is 10.5 Å². The van der Waals surface area contributed by atoms with Crippen LogP contribution in [-0.4, -0.2) is 11.9 Å². The van der Waals surface area contributed by atoms with Crippen molar-refractivity contribution in [3.63, 3.8) is 0 Å². The minimum Gasteiger partial charge on any atom is -0.490 e. The number of hydrogen-bond acceptors (Lipinski definition) is 2. The molecule has 1 rings (SSSR count). The minimum atomic E-state index is -4.53. The molecule has 0 heterocycles. The number of rotatable bonds is 5. The number of nitrogens with two attached hydrogens (primary N) is 1. The first-order chi connectivity index (χ1) is 8.75. The van der Waals surface area contributed by atoms with E-state index in [0.29, 0.717) is 6.42 Å². The summed E-state index contributed by atoms with van der Waals surface area (Å²) in [5.74, 6) is -0.628. The van der Waals surface area contributed by atoms with Crippen molar-refractivity contribution < 1.29 is 17.9 Å². The lowest BCUT2D eigenvalue weighted by molar-refractivity contribution is -0.139. The third kappa shape index (κ3) is 4.15. The summed E-state index contributed by atoms with van der Waals surface area (Å²) >= 11 is 0. The van der Waals surface area contributed by atoms with Crippen molar-refractivity contribution in [1.82, 2.24) is 0 Å². The van der Waals surface area contributed by atoms with Gasteiger partial charge in [0.05, 0.1) is 11.7 Å². The van der Waals surface area contributed by atoms with Gasteiger partial charge in [-0.3, -0.25) is 5.41 Å². The van der Waals surface area contributed by atoms with Gasteiger partial charge in [-0.25, -0.2) is 0 Å². The Balaban J connectivity index is 3.13. The molecule has 106 valence electrons. The first-order valence-electron chi connectivity index (χ1n) is 5.98. The van der Waals surface area contributed by atoms with Gasteiger partial charge in [0.15, 0.2) is 0 Å². The van der Waals surface area contributed by atoms with E-state index in [4.69, 9.17) is 15.9 Å². The maximum Gasteiger partial charge on any atom is 0.419 e. The van der Waals surface area contributed by atoms with E-state index in [0.717, 1.165) is 12.5 Å². The maximum atomic E-state index is 12.9. The second-order valence-electron chi connectivity index (χ2n) is 4.34. The quantitative estimate of drug-likeness (QED) is 0.637. The maximum absolute atomic E-state index is 12.9. The first-order valence-corrected chi connectivity index (χ1v) is 5.98. The molecule has 3 N–H and O–H groups in total. The van der Waals surface area contributed by atoms with Gasteiger partial charge in [-0.2, -0.15) is 13.2 Å². The SMILES string of the molecule is CCCC(C)Oc1ccc(C(=N)N)cc1C(F)(F)F. The Kier molecular flexibility index (Phi) is 4.80. The lowest BCUT2D eigenvalue weighted by Gasteiger charge is -2.19. The molecule has 0 saturated carbocycles. The van der Waals surface area contributed by atoms with Gasteiger partial charge in [0.1, 0.15) is 11.6 Å². The number of alkyl halides is 3. The van der Waals surface area contributed by atoms with Crippen molar-refractivity contribution in [2.24, 2.45) is 5.73 Å². The lowest BCUT2D eigenvalue weighted by Crippen LogP contribution is -2.18. The van der Waals surface area contributed by atoms with E-state index in [2.05, 4.69) is 0 Å². The molecule has 0 saturated heterocycles. The molecular weight excluding hydrogens is 257 g/mol. The molecular formula is C13H17F3N2O. The predicted molar refractivity (Wildman–Crippen MR) is 67.5 cm³/mol. The Hall–Kier alpha value is -1.72. The molecule has 0 aliphatic heterocycles. The smallest absolute Gasteiger partial charge is 0.419 e. The molecule has 0 aliphatic carbocycles. The van der Waals surface area contributed by atoms with Crippen LogP contribution in [0.4, 0.5) is 13.2 Å². The van der Waals surface area contributed by atoms with Crippen molar-refractivity contribution in [3.05, 3.63) is 29.3 Å². The zero-order chi connectivity index (χ0) is 14.6. The van der Waals surface area contributed by atoms with Crippen LogP contribution in [0.2, 0.25) is 0 Å². The van der Waals surface area contributed by atoms with E-state index < -0.39 is 17.6 Å². The van der Waals surface area contributed by atoms with Crippen LogP contribution in [0.1, 0.15) is 37.8 Å². The van der Waals surface area contributed by atoms with Gasteiger partial charge >= 0.3 is 6.18 Å². The highest BCUT2D eigenvalue weighted by Gasteiger charge is 2.35. The average molecular weight is 274 g/mol. The molecule has 1 atom stereocenters. The van der Waals surface area contributed by atoms with Gasteiger partial charge in [0.2, 0.25) is 0 Å². The highest BCUT2D eigenvalue weighted by atomic mass is 19.4. The summed E-state index contributed by atoms with van der Waals surface area (Å²) in [4.78, 5) is 0. The molecule has 0 fully saturated rings. The summed E-state index contributed by atoms with van der Waals surface area (Å²) in [7, 11) is 0. The van der Waals surface area contributed by atoms with Crippen LogP contribution in [0.25, 0.3) is 0 Å². The average Bonchev–Trinajstić information content (AvgIpc) is 2.27. The third-order valence-electron chi connectivity index (χ3n) is 2.62. The number of ether oxygens (including phenoxy) is 1. The van der Waals surface area contributed by atoms with Crippen LogP contribution in [0.3, 0.4) is 0 Å². The molecule has 0 bridgehead atoms. The monoisotopic (exact) mass is 274 g/mol. The summed E-state index contributed by atoms with van der Waals surface area (Å²) in [6, 6.07) is 3.41. The minimum absolute atomic E-state index is 0.0304. The van der Waals surface area contributed by atoms with Crippen molar-refractivity contribution in [3.8, 4) is 5.75 Å². The summed E-state index contributed by atoms with van der Waals surface area (Å²) in [6.45, 7) is 3.66. The van der Waals surface area contributed by atoms with Crippen molar-refractivity contribution in [2.75, 3.05) is 0 Å². The largest absolute Gasteiger partial charge is 0.490 e. The second-order valence-corrected chi connectivity index (χ2v) is 4.34. The molecule has 1 aromatic carbocycles. The van der Waals surface area contributed by atoms with Gasteiger partial charge in [-0.15, -0.1) is 0 Å². The molecule has 0 aromatic heterocycles. The van der Waals surface area contributed by atoms with E-state index >= 15 is 0 Å². The Bertz CT molecular complexity index is 458. The fourth-order valence-electron chi connectivity index (χ4n) is 1.70. The number of halogens is 3. The Morgan fingerprint density at radius 3 is 2.53 bits per heavy atom. The highest BCUT2D eigenvalue weighted by Crippen LogP contribution is 2.37. The number of hydrogen-bond donors (Lipinski definition) is 2. The van der Waals surface area contributed by atoms with Crippen LogP contribution >= 0.6 is 0 Å². The number of nitrogen functional groups attached to an aromatic ring is 1. The van der Waals surface area contributed by atoms with E-state index in [1.807, 2.05) is 6.92 Å². The number of benzene rings is 1. The molecule has 0 radical (unpaired) electrons. The lowest BCUT2D eigenvalue weighted by atomic mass is 10.1. The standard InChI is InChI=1S/C13H17F3N2O/c1-3-4-8(2)19-11-6-5-9(12(17)18)7-10(11)13(14,15)16/h5-8H,3-4H2,1-2H3,(H3,17,18). The van der Waals surface area contributed by atoms with Crippen LogP contribution in [0, 0.1) is 5.41 Å². The zero-order valence-corrected chi connectivity index (χ0v) is 10.8. The summed E-state index contributed by atoms with van der Waals surface area (Å²) in [5.41, 5.74) is 4.33. The van der Waals surface area contributed by atoms with Gasteiger partial charge in [0.25, 0.3) is 0 Å². The Morgan fingerprint density at radius 2 is 2.05 bits per heavy atom. The zero-order valence-electron chi connectivity index (χ0n) is 10.8. The van der Waals surface area contributed by atoms with E-state index in [1.165, 1.54) is 12.1 Å². The fraction of sp³-hybridized carbons (Fsp3) is 0.462. The molecule has 0 spiro atoms. The topological polar surface area (TPSA) is 59.1 Å². The van der Waals surface area contributed by atoms with Crippen molar-refractivity contribution in [1.29, 1.82) is 5.41 Å². The van der Waals surface area contributed by atoms with E-state index in [1.54, 1.807) is 6.92 Å². The Labute approximate surface area is 110 Å². The summed E-state index contributed by atoms with van der Waals surface area (Å²) < 4.78 is 44.1. The van der Waals surface area contributed by atoms with Gasteiger partial charge in [0, 0.05) is 5.56 Å². The normalized spacial score (nSPS) is 13.1. The van der Waals surface area contributed by atoms with Crippen LogP contribution in [0.5, 0.6) is 5.75 Å². The van der Waals surface area contributed by atoms with Crippen molar-refractivity contribution >= 4 is 5.84 Å². The van der Waals surface area contributed by atoms with Crippen molar-refractivity contribution in [2.45, 2.75) is 39.0 Å². The molecule has 3 nitrogen and oxygen atoms in total. The van der Waals surface area contributed by atoms with Gasteiger partial charge in [-0.1, -0.05) is 13.3 Å². The molecule has 0 amide bonds. The second kappa shape index (κ2) is 5.95. The molecule has 1 unspecified atom stereocenters. The predicted octanol–water partition coefficient (Wildman–Crippen LogP) is 3.56. The molecule has 1 aromatic rings. The van der Waals surface area contributed by atoms with Gasteiger partial charge in [-0.05, 0) is 31.5 Å². The van der Waals surface area contributed by atoms with E-state index in [9.17, 15) is 13.2 Å². The third-order valence-corrected chi connectivity index (χ3v) is 2.62. The highest BCUT2D eigenvalue weighted by molar-refractivity contribution is 5.95. The van der Waals surface area contributed by atoms with Crippen LogP contribution in [-0.2, 0) is 6.18 Å².